The molecule has 2 aromatic rings. The van der Waals surface area contributed by atoms with E-state index in [2.05, 4.69) is 68.6 Å². The molecule has 0 heterocycles. The summed E-state index contributed by atoms with van der Waals surface area (Å²) in [5, 5.41) is 3.32. The van der Waals surface area contributed by atoms with Crippen LogP contribution >= 0.6 is 7.26 Å². The van der Waals surface area contributed by atoms with E-state index in [1.807, 2.05) is 18.2 Å². The number of hydrogen-bond acceptors (Lipinski definition) is 1. The van der Waals surface area contributed by atoms with Crippen LogP contribution in [0.1, 0.15) is 76.1 Å². The van der Waals surface area contributed by atoms with Crippen LogP contribution < -0.4 is 5.32 Å². The van der Waals surface area contributed by atoms with E-state index in [1.165, 1.54) is 62.6 Å². The minimum absolute atomic E-state index is 0.0204. The largest absolute Gasteiger partial charge is 0.348 e. The average molecular weight is 427 g/mol. The first-order valence-corrected chi connectivity index (χ1v) is 14.3. The van der Waals surface area contributed by atoms with Gasteiger partial charge in [-0.1, -0.05) is 101 Å². The molecule has 0 bridgehead atoms. The van der Waals surface area contributed by atoms with Gasteiger partial charge in [0.05, 0.1) is 18.5 Å². The maximum atomic E-state index is 13.8. The molecular formula is C27H41NOP+. The highest BCUT2D eigenvalue weighted by molar-refractivity contribution is 7.77. The number of hydrogen-bond donors (Lipinski definition) is 1. The van der Waals surface area contributed by atoms with Crippen LogP contribution in [0.25, 0.3) is 0 Å². The monoisotopic (exact) mass is 426 g/mol. The molecule has 2 nitrogen and oxygen atoms in total. The highest BCUT2D eigenvalue weighted by Crippen LogP contribution is 2.71. The highest BCUT2D eigenvalue weighted by Gasteiger charge is 2.48. The van der Waals surface area contributed by atoms with Crippen LogP contribution in [0.2, 0.25) is 0 Å². The smallest absolute Gasteiger partial charge is 0.265 e. The third kappa shape index (κ3) is 7.24. The topological polar surface area (TPSA) is 29.1 Å². The molecule has 2 rings (SSSR count). The van der Waals surface area contributed by atoms with Crippen LogP contribution in [0, 0.1) is 0 Å². The van der Waals surface area contributed by atoms with Crippen molar-refractivity contribution in [3.05, 3.63) is 71.8 Å². The SMILES string of the molecule is CCCC[P+](CCCC)(CCCC)C(C(=O)NCc1ccccc1)c1ccccc1. The molecule has 1 unspecified atom stereocenters. The molecule has 1 N–H and O–H groups in total. The molecule has 0 radical (unpaired) electrons. The van der Waals surface area contributed by atoms with E-state index in [0.717, 1.165) is 5.56 Å². The number of benzene rings is 2. The molecule has 1 atom stereocenters. The molecule has 0 aliphatic heterocycles. The predicted octanol–water partition coefficient (Wildman–Crippen LogP) is 7.46. The summed E-state index contributed by atoms with van der Waals surface area (Å²) >= 11 is 0. The first-order chi connectivity index (χ1) is 14.7. The summed E-state index contributed by atoms with van der Waals surface area (Å²) in [5.74, 6) is 0.238. The summed E-state index contributed by atoms with van der Waals surface area (Å²) in [6.07, 6.45) is 11.0. The molecule has 0 spiro atoms. The van der Waals surface area contributed by atoms with Gasteiger partial charge in [0.25, 0.3) is 5.91 Å². The van der Waals surface area contributed by atoms with Gasteiger partial charge in [-0.15, -0.1) is 0 Å². The standard InChI is InChI=1S/C27H40NOP/c1-4-7-20-30(21-8-5-2,22-9-6-3)26(25-18-14-11-15-19-25)27(29)28-23-24-16-12-10-13-17-24/h10-19,26H,4-9,20-23H2,1-3H3/p+1. The zero-order chi connectivity index (χ0) is 21.7. The second-order valence-electron chi connectivity index (χ2n) is 8.47. The molecule has 30 heavy (non-hydrogen) atoms. The molecule has 3 heteroatoms. The second-order valence-corrected chi connectivity index (χ2v) is 12.8. The Hall–Kier alpha value is -1.66. The minimum atomic E-state index is -1.47. The molecule has 0 fully saturated rings. The van der Waals surface area contributed by atoms with E-state index >= 15 is 0 Å². The molecular weight excluding hydrogens is 385 g/mol. The Bertz CT molecular complexity index is 694. The average Bonchev–Trinajstić information content (AvgIpc) is 2.80. The molecule has 1 amide bonds. The summed E-state index contributed by atoms with van der Waals surface area (Å²) in [4.78, 5) is 13.8. The number of unbranched alkanes of at least 4 members (excludes halogenated alkanes) is 3. The summed E-state index contributed by atoms with van der Waals surface area (Å²) in [5.41, 5.74) is 2.41. The van der Waals surface area contributed by atoms with E-state index in [0.29, 0.717) is 6.54 Å². The van der Waals surface area contributed by atoms with Crippen molar-refractivity contribution in [2.75, 3.05) is 18.5 Å². The third-order valence-electron chi connectivity index (χ3n) is 6.09. The van der Waals surface area contributed by atoms with Crippen molar-refractivity contribution >= 4 is 13.2 Å². The number of carbonyl (C=O) groups excluding carboxylic acids is 1. The highest BCUT2D eigenvalue weighted by atomic mass is 31.2. The molecule has 0 aromatic heterocycles. The van der Waals surface area contributed by atoms with Crippen molar-refractivity contribution in [1.29, 1.82) is 0 Å². The molecule has 164 valence electrons. The van der Waals surface area contributed by atoms with Gasteiger partial charge in [0.2, 0.25) is 0 Å². The fraction of sp³-hybridized carbons (Fsp3) is 0.519. The molecule has 0 aliphatic rings. The fourth-order valence-corrected chi connectivity index (χ4v) is 10.1. The van der Waals surface area contributed by atoms with Gasteiger partial charge in [-0.25, -0.2) is 0 Å². The lowest BCUT2D eigenvalue weighted by molar-refractivity contribution is -0.121. The van der Waals surface area contributed by atoms with Gasteiger partial charge in [-0.2, -0.15) is 0 Å². The van der Waals surface area contributed by atoms with Crippen LogP contribution in [0.5, 0.6) is 0 Å². The second kappa shape index (κ2) is 13.6. The summed E-state index contributed by atoms with van der Waals surface area (Å²) in [6, 6.07) is 20.9. The van der Waals surface area contributed by atoms with E-state index in [1.54, 1.807) is 0 Å². The van der Waals surface area contributed by atoms with Gasteiger partial charge in [0, 0.05) is 19.4 Å². The Labute approximate surface area is 185 Å². The van der Waals surface area contributed by atoms with Gasteiger partial charge >= 0.3 is 0 Å². The van der Waals surface area contributed by atoms with Crippen molar-refractivity contribution in [2.24, 2.45) is 0 Å². The zero-order valence-corrected chi connectivity index (χ0v) is 20.2. The van der Waals surface area contributed by atoms with Crippen LogP contribution in [0.15, 0.2) is 60.7 Å². The quantitative estimate of drug-likeness (QED) is 0.312. The van der Waals surface area contributed by atoms with Crippen molar-refractivity contribution in [2.45, 2.75) is 71.5 Å². The van der Waals surface area contributed by atoms with Crippen molar-refractivity contribution in [1.82, 2.24) is 5.32 Å². The Morgan fingerprint density at radius 2 is 1.23 bits per heavy atom. The van der Waals surface area contributed by atoms with Gasteiger partial charge < -0.3 is 5.32 Å². The summed E-state index contributed by atoms with van der Waals surface area (Å²) in [7, 11) is -1.47. The van der Waals surface area contributed by atoms with Crippen molar-refractivity contribution in [3.8, 4) is 0 Å². The number of amides is 1. The van der Waals surface area contributed by atoms with E-state index in [-0.39, 0.29) is 11.6 Å². The summed E-state index contributed by atoms with van der Waals surface area (Å²) in [6.45, 7) is 7.45. The van der Waals surface area contributed by atoms with Crippen molar-refractivity contribution < 1.29 is 4.79 Å². The van der Waals surface area contributed by atoms with Gasteiger partial charge in [0.15, 0.2) is 5.66 Å². The van der Waals surface area contributed by atoms with Crippen LogP contribution in [0.3, 0.4) is 0 Å². The van der Waals surface area contributed by atoms with Crippen LogP contribution in [-0.4, -0.2) is 24.4 Å². The zero-order valence-electron chi connectivity index (χ0n) is 19.3. The Balaban J connectivity index is 2.39. The Morgan fingerprint density at radius 1 is 0.767 bits per heavy atom. The normalized spacial score (nSPS) is 12.5. The lowest BCUT2D eigenvalue weighted by Crippen LogP contribution is -2.33. The maximum Gasteiger partial charge on any atom is 0.265 e. The van der Waals surface area contributed by atoms with Crippen molar-refractivity contribution in [3.63, 3.8) is 0 Å². The predicted molar refractivity (Wildman–Crippen MR) is 134 cm³/mol. The third-order valence-corrected chi connectivity index (χ3v) is 11.3. The van der Waals surface area contributed by atoms with E-state index in [4.69, 9.17) is 0 Å². The molecule has 0 saturated carbocycles. The molecule has 2 aromatic carbocycles. The van der Waals surface area contributed by atoms with E-state index in [9.17, 15) is 4.79 Å². The van der Waals surface area contributed by atoms with Crippen LogP contribution in [-0.2, 0) is 11.3 Å². The number of nitrogens with one attached hydrogen (secondary N) is 1. The first-order valence-electron chi connectivity index (χ1n) is 11.9. The fourth-order valence-electron chi connectivity index (χ4n) is 4.38. The maximum absolute atomic E-state index is 13.8. The Kier molecular flexibility index (Phi) is 11.2. The first kappa shape index (κ1) is 24.6. The van der Waals surface area contributed by atoms with E-state index < -0.39 is 7.26 Å². The van der Waals surface area contributed by atoms with Gasteiger partial charge in [-0.3, -0.25) is 4.79 Å². The van der Waals surface area contributed by atoms with Crippen LogP contribution in [0.4, 0.5) is 0 Å². The number of rotatable bonds is 14. The lowest BCUT2D eigenvalue weighted by atomic mass is 10.1. The van der Waals surface area contributed by atoms with Gasteiger partial charge in [-0.05, 0) is 24.8 Å². The molecule has 0 saturated heterocycles. The van der Waals surface area contributed by atoms with Gasteiger partial charge in [0.1, 0.15) is 0 Å². The molecule has 0 aliphatic carbocycles. The minimum Gasteiger partial charge on any atom is -0.348 e. The Morgan fingerprint density at radius 3 is 1.70 bits per heavy atom. The summed E-state index contributed by atoms with van der Waals surface area (Å²) < 4.78 is 0. The lowest BCUT2D eigenvalue weighted by Gasteiger charge is -2.35. The number of carbonyl (C=O) groups is 1.